The SMILES string of the molecule is CN(C)S(=O)(=O)NC(=O)[C@@]12C[C@H]1C=CCCCCC[C@H](NC(=O)OC(C)(C)C)C(=O)N1C[C@H](OC(=O)N3CCc4cccc(CN5CCCCC5)c4C3)C[C@H]1C(=O)N2. The lowest BCUT2D eigenvalue weighted by atomic mass is 9.94. The van der Waals surface area contributed by atoms with Crippen LogP contribution in [0.15, 0.2) is 30.4 Å². The molecular formula is C41H61N7O9S. The molecule has 1 aromatic rings. The summed E-state index contributed by atoms with van der Waals surface area (Å²) in [4.78, 5) is 74.9. The fraction of sp³-hybridized carbons (Fsp3) is 0.683. The molecule has 1 saturated carbocycles. The summed E-state index contributed by atoms with van der Waals surface area (Å²) in [6.45, 7) is 8.77. The maximum absolute atomic E-state index is 14.5. The zero-order valence-electron chi connectivity index (χ0n) is 34.6. The van der Waals surface area contributed by atoms with Crippen molar-refractivity contribution in [3.63, 3.8) is 0 Å². The van der Waals surface area contributed by atoms with Crippen molar-refractivity contribution in [1.82, 2.24) is 34.4 Å². The van der Waals surface area contributed by atoms with Gasteiger partial charge in [-0.1, -0.05) is 49.6 Å². The number of likely N-dealkylation sites (tertiary alicyclic amines) is 1. The van der Waals surface area contributed by atoms with Crippen molar-refractivity contribution >= 4 is 40.1 Å². The number of hydrogen-bond acceptors (Lipinski definition) is 10. The summed E-state index contributed by atoms with van der Waals surface area (Å²) in [5.41, 5.74) is 1.11. The predicted molar refractivity (Wildman–Crippen MR) is 215 cm³/mol. The second kappa shape index (κ2) is 18.0. The van der Waals surface area contributed by atoms with E-state index < -0.39 is 75.4 Å². The van der Waals surface area contributed by atoms with Gasteiger partial charge in [-0.25, -0.2) is 14.3 Å². The number of allylic oxidation sites excluding steroid dienone is 1. The van der Waals surface area contributed by atoms with Gasteiger partial charge in [0.2, 0.25) is 11.8 Å². The van der Waals surface area contributed by atoms with E-state index in [-0.39, 0.29) is 25.8 Å². The Balaban J connectivity index is 1.23. The van der Waals surface area contributed by atoms with E-state index in [1.54, 1.807) is 25.7 Å². The molecule has 3 fully saturated rings. The number of ether oxygens (including phenoxy) is 2. The number of rotatable bonds is 7. The van der Waals surface area contributed by atoms with Gasteiger partial charge in [-0.2, -0.15) is 12.7 Å². The van der Waals surface area contributed by atoms with Crippen LogP contribution in [0.2, 0.25) is 0 Å². The molecule has 0 spiro atoms. The number of amides is 5. The van der Waals surface area contributed by atoms with Gasteiger partial charge in [0.1, 0.15) is 29.3 Å². The van der Waals surface area contributed by atoms with E-state index >= 15 is 0 Å². The second-order valence-corrected chi connectivity index (χ2v) is 19.5. The monoisotopic (exact) mass is 827 g/mol. The molecule has 0 unspecified atom stereocenters. The Hall–Kier alpha value is -4.22. The van der Waals surface area contributed by atoms with E-state index in [0.29, 0.717) is 32.4 Å². The summed E-state index contributed by atoms with van der Waals surface area (Å²) in [6.07, 6.45) is 8.92. The Morgan fingerprint density at radius 1 is 1.02 bits per heavy atom. The van der Waals surface area contributed by atoms with Crippen molar-refractivity contribution in [3.05, 3.63) is 47.0 Å². The molecule has 17 heteroatoms. The zero-order chi connectivity index (χ0) is 41.8. The number of nitrogens with one attached hydrogen (secondary N) is 3. The third-order valence-electron chi connectivity index (χ3n) is 11.8. The highest BCUT2D eigenvalue weighted by Crippen LogP contribution is 2.46. The van der Waals surface area contributed by atoms with Gasteiger partial charge in [-0.15, -0.1) is 0 Å². The number of alkyl carbamates (subject to hydrolysis) is 1. The number of nitrogens with zero attached hydrogens (tertiary/aromatic N) is 4. The van der Waals surface area contributed by atoms with Gasteiger partial charge in [0.15, 0.2) is 0 Å². The molecular weight excluding hydrogens is 767 g/mol. The molecule has 320 valence electrons. The highest BCUT2D eigenvalue weighted by Gasteiger charge is 2.62. The first-order valence-corrected chi connectivity index (χ1v) is 22.2. The summed E-state index contributed by atoms with van der Waals surface area (Å²) >= 11 is 0. The maximum Gasteiger partial charge on any atom is 0.410 e. The summed E-state index contributed by atoms with van der Waals surface area (Å²) in [5, 5.41) is 5.54. The lowest BCUT2D eigenvalue weighted by Gasteiger charge is -2.32. The summed E-state index contributed by atoms with van der Waals surface area (Å²) in [7, 11) is -1.61. The molecule has 1 aliphatic carbocycles. The molecule has 4 heterocycles. The van der Waals surface area contributed by atoms with E-state index in [1.807, 2.05) is 12.2 Å². The number of carbonyl (C=O) groups is 5. The standard InChI is InChI=1S/C41H61N7O9S/c1-40(2,3)57-38(52)42-33-18-11-8-6-7-10-17-30-24-41(30,37(51)44-58(54,55)45(4)5)43-35(49)34-23-31(26-48(34)36(33)50)56-39(53)47-22-19-28-15-14-16-29(32(28)27-47)25-46-20-12-9-13-21-46/h10,14-17,30-31,33-34H,6-9,11-13,18-27H2,1-5H3,(H,42,52)(H,43,49)(H,44,51)/t30-,31-,33+,34+,41-/m1/s1. The Morgan fingerprint density at radius 3 is 2.48 bits per heavy atom. The van der Waals surface area contributed by atoms with Crippen molar-refractivity contribution in [2.45, 2.75) is 134 Å². The average molecular weight is 828 g/mol. The molecule has 5 amide bonds. The molecule has 0 aromatic heterocycles. The summed E-state index contributed by atoms with van der Waals surface area (Å²) in [6, 6.07) is 4.06. The summed E-state index contributed by atoms with van der Waals surface area (Å²) in [5.74, 6) is -2.61. The number of fused-ring (bicyclic) bond motifs is 3. The lowest BCUT2D eigenvalue weighted by molar-refractivity contribution is -0.141. The second-order valence-electron chi connectivity index (χ2n) is 17.6. The topological polar surface area (TPSA) is 187 Å². The number of piperidine rings is 1. The molecule has 16 nitrogen and oxygen atoms in total. The number of benzene rings is 1. The van der Waals surface area contributed by atoms with E-state index in [0.717, 1.165) is 42.3 Å². The van der Waals surface area contributed by atoms with Crippen LogP contribution in [-0.4, -0.2) is 127 Å². The van der Waals surface area contributed by atoms with Crippen molar-refractivity contribution in [1.29, 1.82) is 0 Å². The average Bonchev–Trinajstić information content (AvgIpc) is 3.69. The van der Waals surface area contributed by atoms with Crippen molar-refractivity contribution in [2.24, 2.45) is 5.92 Å². The predicted octanol–water partition coefficient (Wildman–Crippen LogP) is 3.35. The Kier molecular flexibility index (Phi) is 13.4. The highest BCUT2D eigenvalue weighted by molar-refractivity contribution is 7.87. The first kappa shape index (κ1) is 43.4. The molecule has 58 heavy (non-hydrogen) atoms. The molecule has 1 aromatic carbocycles. The van der Waals surface area contributed by atoms with Gasteiger partial charge in [0.05, 0.1) is 6.54 Å². The van der Waals surface area contributed by atoms with Crippen molar-refractivity contribution in [3.8, 4) is 0 Å². The normalized spacial score (nSPS) is 27.3. The molecule has 3 N–H and O–H groups in total. The van der Waals surface area contributed by atoms with Crippen LogP contribution >= 0.6 is 0 Å². The molecule has 0 radical (unpaired) electrons. The quantitative estimate of drug-likeness (QED) is 0.345. The van der Waals surface area contributed by atoms with E-state index in [1.165, 1.54) is 49.4 Å². The summed E-state index contributed by atoms with van der Waals surface area (Å²) < 4.78 is 40.0. The fourth-order valence-corrected chi connectivity index (χ4v) is 9.04. The Labute approximate surface area is 342 Å². The van der Waals surface area contributed by atoms with Gasteiger partial charge < -0.3 is 29.9 Å². The van der Waals surface area contributed by atoms with E-state index in [2.05, 4.69) is 38.5 Å². The van der Waals surface area contributed by atoms with Crippen LogP contribution in [0.25, 0.3) is 0 Å². The third-order valence-corrected chi connectivity index (χ3v) is 13.2. The van der Waals surface area contributed by atoms with E-state index in [4.69, 9.17) is 9.47 Å². The maximum atomic E-state index is 14.5. The minimum Gasteiger partial charge on any atom is -0.444 e. The molecule has 6 rings (SSSR count). The zero-order valence-corrected chi connectivity index (χ0v) is 35.4. The van der Waals surface area contributed by atoms with Crippen molar-refractivity contribution in [2.75, 3.05) is 40.3 Å². The molecule has 5 aliphatic rings. The largest absolute Gasteiger partial charge is 0.444 e. The van der Waals surface area contributed by atoms with Gasteiger partial charge in [0.25, 0.3) is 5.91 Å². The van der Waals surface area contributed by atoms with Crippen LogP contribution in [-0.2, 0) is 53.6 Å². The van der Waals surface area contributed by atoms with Crippen LogP contribution in [0.5, 0.6) is 0 Å². The minimum absolute atomic E-state index is 0.0681. The fourth-order valence-electron chi connectivity index (χ4n) is 8.44. The first-order chi connectivity index (χ1) is 27.5. The Morgan fingerprint density at radius 2 is 1.76 bits per heavy atom. The Bertz CT molecular complexity index is 1860. The molecule has 4 aliphatic heterocycles. The van der Waals surface area contributed by atoms with Gasteiger partial charge in [-0.05, 0) is 95.5 Å². The van der Waals surface area contributed by atoms with Crippen LogP contribution in [0, 0.1) is 5.92 Å². The van der Waals surface area contributed by atoms with Gasteiger partial charge >= 0.3 is 22.4 Å². The number of hydrogen-bond donors (Lipinski definition) is 3. The highest BCUT2D eigenvalue weighted by atomic mass is 32.2. The molecule has 0 bridgehead atoms. The minimum atomic E-state index is -4.18. The molecule has 5 atom stereocenters. The third kappa shape index (κ3) is 10.5. The van der Waals surface area contributed by atoms with Gasteiger partial charge in [-0.3, -0.25) is 19.3 Å². The van der Waals surface area contributed by atoms with Crippen LogP contribution in [0.3, 0.4) is 0 Å². The van der Waals surface area contributed by atoms with Crippen molar-refractivity contribution < 1.29 is 41.9 Å². The molecule has 2 saturated heterocycles. The lowest BCUT2D eigenvalue weighted by Crippen LogP contribution is -2.58. The van der Waals surface area contributed by atoms with Gasteiger partial charge in [0, 0.05) is 46.1 Å². The van der Waals surface area contributed by atoms with Crippen LogP contribution in [0.1, 0.15) is 102 Å². The number of carbonyl (C=O) groups excluding carboxylic acids is 5. The van der Waals surface area contributed by atoms with Crippen LogP contribution in [0.4, 0.5) is 9.59 Å². The van der Waals surface area contributed by atoms with E-state index in [9.17, 15) is 32.4 Å². The smallest absolute Gasteiger partial charge is 0.410 e. The first-order valence-electron chi connectivity index (χ1n) is 20.8. The van der Waals surface area contributed by atoms with Crippen LogP contribution < -0.4 is 15.4 Å².